The lowest BCUT2D eigenvalue weighted by Crippen LogP contribution is -2.23. The van der Waals surface area contributed by atoms with E-state index in [1.807, 2.05) is 12.1 Å². The molecule has 0 bridgehead atoms. The summed E-state index contributed by atoms with van der Waals surface area (Å²) < 4.78 is 36.2. The highest BCUT2D eigenvalue weighted by atomic mass is 35.5. The van der Waals surface area contributed by atoms with Gasteiger partial charge in [0.25, 0.3) is 10.0 Å². The Labute approximate surface area is 150 Å². The van der Waals surface area contributed by atoms with Crippen LogP contribution in [0.5, 0.6) is 0 Å². The van der Waals surface area contributed by atoms with Gasteiger partial charge < -0.3 is 5.32 Å². The van der Waals surface area contributed by atoms with Gasteiger partial charge in [-0.2, -0.15) is 8.75 Å². The molecule has 0 saturated carbocycles. The Morgan fingerprint density at radius 2 is 2.00 bits per heavy atom. The average Bonchev–Trinajstić information content (AvgIpc) is 3.02. The van der Waals surface area contributed by atoms with Crippen molar-refractivity contribution in [2.45, 2.75) is 17.9 Å². The number of halogens is 1. The molecule has 0 unspecified atom stereocenters. The standard InChI is InChI=1S/C15H14N4O2S2.ClH/c20-23(21,14-3-1-2-13-15(14)18-22-17-13)19-12-5-4-10-6-7-16-9-11(10)8-12;/h1-5,8,16,19H,6-7,9H2;1H. The second kappa shape index (κ2) is 6.64. The number of hydrogen-bond donors (Lipinski definition) is 2. The fourth-order valence-corrected chi connectivity index (χ4v) is 4.57. The van der Waals surface area contributed by atoms with E-state index in [1.54, 1.807) is 24.3 Å². The molecule has 1 aliphatic heterocycles. The van der Waals surface area contributed by atoms with Crippen LogP contribution in [-0.4, -0.2) is 23.7 Å². The lowest BCUT2D eigenvalue weighted by Gasteiger charge is -2.18. The summed E-state index contributed by atoms with van der Waals surface area (Å²) in [6, 6.07) is 10.7. The third-order valence-corrected chi connectivity index (χ3v) is 5.84. The molecule has 1 aliphatic rings. The lowest BCUT2D eigenvalue weighted by molar-refractivity contribution is 0.602. The van der Waals surface area contributed by atoms with Gasteiger partial charge in [0.05, 0.1) is 11.7 Å². The number of rotatable bonds is 3. The summed E-state index contributed by atoms with van der Waals surface area (Å²) in [4.78, 5) is 0.152. The molecular weight excluding hydrogens is 368 g/mol. The summed E-state index contributed by atoms with van der Waals surface area (Å²) >= 11 is 1.01. The Hall–Kier alpha value is -1.74. The predicted octanol–water partition coefficient (Wildman–Crippen LogP) is 2.56. The SMILES string of the molecule is Cl.O=S(=O)(Nc1ccc2c(c1)CNCC2)c1cccc2nsnc12. The molecule has 3 aromatic rings. The van der Waals surface area contributed by atoms with Gasteiger partial charge in [-0.1, -0.05) is 12.1 Å². The van der Waals surface area contributed by atoms with E-state index < -0.39 is 10.0 Å². The molecular formula is C15H15ClN4O2S2. The first-order chi connectivity index (χ1) is 11.1. The summed E-state index contributed by atoms with van der Waals surface area (Å²) in [6.07, 6.45) is 0.964. The molecule has 9 heteroatoms. The minimum atomic E-state index is -3.70. The van der Waals surface area contributed by atoms with Gasteiger partial charge in [0.15, 0.2) is 0 Å². The first kappa shape index (κ1) is 17.1. The van der Waals surface area contributed by atoms with Gasteiger partial charge in [-0.15, -0.1) is 12.4 Å². The molecule has 0 atom stereocenters. The zero-order valence-electron chi connectivity index (χ0n) is 12.5. The summed E-state index contributed by atoms with van der Waals surface area (Å²) in [6.45, 7) is 1.72. The van der Waals surface area contributed by atoms with Crippen molar-refractivity contribution in [1.82, 2.24) is 14.1 Å². The zero-order valence-corrected chi connectivity index (χ0v) is 15.0. The van der Waals surface area contributed by atoms with Crippen molar-refractivity contribution in [3.63, 3.8) is 0 Å². The molecule has 6 nitrogen and oxygen atoms in total. The molecule has 2 heterocycles. The first-order valence-electron chi connectivity index (χ1n) is 7.20. The Morgan fingerprint density at radius 3 is 2.88 bits per heavy atom. The van der Waals surface area contributed by atoms with Crippen LogP contribution in [0.1, 0.15) is 11.1 Å². The average molecular weight is 383 g/mol. The minimum Gasteiger partial charge on any atom is -0.312 e. The van der Waals surface area contributed by atoms with Crippen molar-refractivity contribution >= 4 is 50.9 Å². The van der Waals surface area contributed by atoms with Crippen molar-refractivity contribution in [2.75, 3.05) is 11.3 Å². The molecule has 2 N–H and O–H groups in total. The topological polar surface area (TPSA) is 84.0 Å². The third kappa shape index (κ3) is 3.10. The van der Waals surface area contributed by atoms with Crippen LogP contribution in [0, 0.1) is 0 Å². The molecule has 0 amide bonds. The van der Waals surface area contributed by atoms with Gasteiger partial charge >= 0.3 is 0 Å². The number of sulfonamides is 1. The highest BCUT2D eigenvalue weighted by Crippen LogP contribution is 2.25. The van der Waals surface area contributed by atoms with Crippen molar-refractivity contribution in [1.29, 1.82) is 0 Å². The molecule has 2 aromatic carbocycles. The van der Waals surface area contributed by atoms with Gasteiger partial charge in [0.1, 0.15) is 15.9 Å². The van der Waals surface area contributed by atoms with Crippen LogP contribution >= 0.6 is 24.1 Å². The van der Waals surface area contributed by atoms with Crippen molar-refractivity contribution < 1.29 is 8.42 Å². The van der Waals surface area contributed by atoms with E-state index in [9.17, 15) is 8.42 Å². The first-order valence-corrected chi connectivity index (χ1v) is 9.41. The number of nitrogens with one attached hydrogen (secondary N) is 2. The fraction of sp³-hybridized carbons (Fsp3) is 0.200. The zero-order chi connectivity index (χ0) is 15.9. The Morgan fingerprint density at radius 1 is 1.12 bits per heavy atom. The molecule has 1 aromatic heterocycles. The normalized spacial score (nSPS) is 14.0. The molecule has 0 spiro atoms. The van der Waals surface area contributed by atoms with Crippen LogP contribution in [0.3, 0.4) is 0 Å². The number of nitrogens with zero attached hydrogens (tertiary/aromatic N) is 2. The molecule has 4 rings (SSSR count). The number of hydrogen-bond acceptors (Lipinski definition) is 6. The van der Waals surface area contributed by atoms with Crippen LogP contribution in [0.4, 0.5) is 5.69 Å². The quantitative estimate of drug-likeness (QED) is 0.727. The molecule has 126 valence electrons. The second-order valence-electron chi connectivity index (χ2n) is 5.40. The summed E-state index contributed by atoms with van der Waals surface area (Å²) in [5.41, 5.74) is 3.95. The molecule has 0 fully saturated rings. The van der Waals surface area contributed by atoms with Crippen LogP contribution in [0.15, 0.2) is 41.3 Å². The van der Waals surface area contributed by atoms with Gasteiger partial charge in [-0.3, -0.25) is 4.72 Å². The van der Waals surface area contributed by atoms with E-state index in [0.29, 0.717) is 16.7 Å². The number of aromatic nitrogens is 2. The maximum atomic E-state index is 12.7. The maximum Gasteiger partial charge on any atom is 0.264 e. The number of anilines is 1. The van der Waals surface area contributed by atoms with Crippen molar-refractivity contribution in [3.8, 4) is 0 Å². The van der Waals surface area contributed by atoms with Crippen molar-refractivity contribution in [3.05, 3.63) is 47.5 Å². The smallest absolute Gasteiger partial charge is 0.264 e. The van der Waals surface area contributed by atoms with E-state index in [2.05, 4.69) is 18.8 Å². The monoisotopic (exact) mass is 382 g/mol. The Bertz CT molecular complexity index is 988. The van der Waals surface area contributed by atoms with Gasteiger partial charge in [0.2, 0.25) is 0 Å². The van der Waals surface area contributed by atoms with Crippen LogP contribution in [0.2, 0.25) is 0 Å². The predicted molar refractivity (Wildman–Crippen MR) is 97.3 cm³/mol. The van der Waals surface area contributed by atoms with E-state index in [-0.39, 0.29) is 17.3 Å². The largest absolute Gasteiger partial charge is 0.312 e. The van der Waals surface area contributed by atoms with E-state index in [4.69, 9.17) is 0 Å². The minimum absolute atomic E-state index is 0. The van der Waals surface area contributed by atoms with Gasteiger partial charge in [-0.05, 0) is 48.4 Å². The van der Waals surface area contributed by atoms with Gasteiger partial charge in [-0.25, -0.2) is 8.42 Å². The molecule has 0 aliphatic carbocycles. The second-order valence-corrected chi connectivity index (χ2v) is 7.58. The van der Waals surface area contributed by atoms with E-state index in [0.717, 1.165) is 36.8 Å². The van der Waals surface area contributed by atoms with Gasteiger partial charge in [0, 0.05) is 12.2 Å². The maximum absolute atomic E-state index is 12.7. The number of fused-ring (bicyclic) bond motifs is 2. The number of benzene rings is 2. The molecule has 0 radical (unpaired) electrons. The highest BCUT2D eigenvalue weighted by molar-refractivity contribution is 7.93. The summed E-state index contributed by atoms with van der Waals surface area (Å²) in [5.74, 6) is 0. The lowest BCUT2D eigenvalue weighted by atomic mass is 10.0. The Kier molecular flexibility index (Phi) is 4.73. The highest BCUT2D eigenvalue weighted by Gasteiger charge is 2.20. The molecule has 0 saturated heterocycles. The van der Waals surface area contributed by atoms with Crippen LogP contribution in [0.25, 0.3) is 11.0 Å². The summed E-state index contributed by atoms with van der Waals surface area (Å²) in [5, 5.41) is 3.29. The fourth-order valence-electron chi connectivity index (χ4n) is 2.75. The third-order valence-electron chi connectivity index (χ3n) is 3.88. The summed E-state index contributed by atoms with van der Waals surface area (Å²) in [7, 11) is -3.70. The Balaban J connectivity index is 0.00000169. The van der Waals surface area contributed by atoms with Crippen molar-refractivity contribution in [2.24, 2.45) is 0 Å². The van der Waals surface area contributed by atoms with E-state index >= 15 is 0 Å². The van der Waals surface area contributed by atoms with E-state index in [1.165, 1.54) is 5.56 Å². The van der Waals surface area contributed by atoms with Crippen LogP contribution in [-0.2, 0) is 23.0 Å². The van der Waals surface area contributed by atoms with Crippen LogP contribution < -0.4 is 10.0 Å². The molecule has 24 heavy (non-hydrogen) atoms.